The average molecular weight is 358 g/mol. The molecule has 1 unspecified atom stereocenters. The van der Waals surface area contributed by atoms with Crippen molar-refractivity contribution < 1.29 is 14.7 Å². The molecule has 1 atom stereocenters. The second kappa shape index (κ2) is 6.59. The summed E-state index contributed by atoms with van der Waals surface area (Å²) in [5.74, 6) is -0.950. The molecule has 1 aromatic carbocycles. The zero-order chi connectivity index (χ0) is 18.2. The second-order valence-corrected chi connectivity index (χ2v) is 7.99. The van der Waals surface area contributed by atoms with Crippen LogP contribution in [0, 0.1) is 18.3 Å². The van der Waals surface area contributed by atoms with Gasteiger partial charge in [0.15, 0.2) is 0 Å². The smallest absolute Gasteiger partial charge is 0.311 e. The molecular formula is C19H22N2O3S. The first kappa shape index (κ1) is 17.6. The van der Waals surface area contributed by atoms with Crippen molar-refractivity contribution in [2.24, 2.45) is 11.3 Å². The van der Waals surface area contributed by atoms with Gasteiger partial charge in [0, 0.05) is 29.6 Å². The van der Waals surface area contributed by atoms with Crippen LogP contribution in [-0.4, -0.2) is 40.0 Å². The Kier molecular flexibility index (Phi) is 4.64. The fraction of sp³-hybridized carbons (Fsp3) is 0.421. The maximum absolute atomic E-state index is 12.9. The first-order valence-electron chi connectivity index (χ1n) is 8.39. The molecular weight excluding hydrogens is 336 g/mol. The minimum atomic E-state index is -0.848. The van der Waals surface area contributed by atoms with E-state index in [1.165, 1.54) is 0 Å². The van der Waals surface area contributed by atoms with Crippen LogP contribution in [0.25, 0.3) is 11.3 Å². The largest absolute Gasteiger partial charge is 0.481 e. The highest BCUT2D eigenvalue weighted by atomic mass is 32.1. The van der Waals surface area contributed by atoms with E-state index in [9.17, 15) is 14.7 Å². The molecule has 0 spiro atoms. The summed E-state index contributed by atoms with van der Waals surface area (Å²) in [5.41, 5.74) is 1.50. The number of benzene rings is 1. The number of carbonyl (C=O) groups excluding carboxylic acids is 1. The van der Waals surface area contributed by atoms with E-state index in [0.717, 1.165) is 16.3 Å². The lowest BCUT2D eigenvalue weighted by molar-refractivity contribution is -0.150. The van der Waals surface area contributed by atoms with Crippen molar-refractivity contribution in [3.63, 3.8) is 0 Å². The minimum Gasteiger partial charge on any atom is -0.481 e. The van der Waals surface area contributed by atoms with Crippen LogP contribution < -0.4 is 0 Å². The maximum Gasteiger partial charge on any atom is 0.311 e. The zero-order valence-electron chi connectivity index (χ0n) is 14.7. The van der Waals surface area contributed by atoms with Crippen molar-refractivity contribution in [3.05, 3.63) is 40.2 Å². The van der Waals surface area contributed by atoms with E-state index >= 15 is 0 Å². The van der Waals surface area contributed by atoms with E-state index in [1.54, 1.807) is 22.3 Å². The molecule has 2 aromatic rings. The SMILES string of the molecule is Cc1nc(-c2cccc(C(=O)N3CCC(C(=O)O)(C(C)C)C3)c2)cs1. The molecule has 132 valence electrons. The predicted molar refractivity (Wildman–Crippen MR) is 97.7 cm³/mol. The van der Waals surface area contributed by atoms with Gasteiger partial charge in [0.05, 0.1) is 16.1 Å². The molecule has 1 aromatic heterocycles. The Morgan fingerprint density at radius 3 is 2.68 bits per heavy atom. The van der Waals surface area contributed by atoms with Crippen LogP contribution in [0.15, 0.2) is 29.6 Å². The zero-order valence-corrected chi connectivity index (χ0v) is 15.5. The summed E-state index contributed by atoms with van der Waals surface area (Å²) in [4.78, 5) is 30.8. The van der Waals surface area contributed by atoms with Crippen molar-refractivity contribution in [3.8, 4) is 11.3 Å². The topological polar surface area (TPSA) is 70.5 Å². The predicted octanol–water partition coefficient (Wildman–Crippen LogP) is 3.69. The third kappa shape index (κ3) is 3.18. The van der Waals surface area contributed by atoms with Crippen molar-refractivity contribution in [2.75, 3.05) is 13.1 Å². The first-order valence-corrected chi connectivity index (χ1v) is 9.27. The summed E-state index contributed by atoms with van der Waals surface area (Å²) >= 11 is 1.57. The summed E-state index contributed by atoms with van der Waals surface area (Å²) in [6.07, 6.45) is 0.497. The number of rotatable bonds is 4. The van der Waals surface area contributed by atoms with Gasteiger partial charge in [-0.25, -0.2) is 4.98 Å². The van der Waals surface area contributed by atoms with Crippen molar-refractivity contribution in [2.45, 2.75) is 27.2 Å². The van der Waals surface area contributed by atoms with Gasteiger partial charge in [0.2, 0.25) is 0 Å². The lowest BCUT2D eigenvalue weighted by Gasteiger charge is -2.28. The van der Waals surface area contributed by atoms with E-state index in [0.29, 0.717) is 18.5 Å². The Hall–Kier alpha value is -2.21. The van der Waals surface area contributed by atoms with Gasteiger partial charge in [0.25, 0.3) is 5.91 Å². The van der Waals surface area contributed by atoms with Crippen LogP contribution in [0.5, 0.6) is 0 Å². The minimum absolute atomic E-state index is 0.0212. The van der Waals surface area contributed by atoms with Gasteiger partial charge in [-0.15, -0.1) is 11.3 Å². The molecule has 0 radical (unpaired) electrons. The molecule has 1 N–H and O–H groups in total. The molecule has 1 fully saturated rings. The fourth-order valence-corrected chi connectivity index (χ4v) is 4.01. The van der Waals surface area contributed by atoms with Crippen LogP contribution in [0.3, 0.4) is 0 Å². The lowest BCUT2D eigenvalue weighted by atomic mass is 9.76. The van der Waals surface area contributed by atoms with Gasteiger partial charge >= 0.3 is 5.97 Å². The molecule has 1 aliphatic heterocycles. The van der Waals surface area contributed by atoms with E-state index in [-0.39, 0.29) is 18.4 Å². The quantitative estimate of drug-likeness (QED) is 0.905. The number of hydrogen-bond donors (Lipinski definition) is 1. The second-order valence-electron chi connectivity index (χ2n) is 6.93. The number of likely N-dealkylation sites (tertiary alicyclic amines) is 1. The molecule has 0 saturated carbocycles. The summed E-state index contributed by atoms with van der Waals surface area (Å²) in [6, 6.07) is 7.40. The molecule has 6 heteroatoms. The molecule has 0 bridgehead atoms. The lowest BCUT2D eigenvalue weighted by Crippen LogP contribution is -2.40. The Balaban J connectivity index is 1.84. The fourth-order valence-electron chi connectivity index (χ4n) is 3.39. The van der Waals surface area contributed by atoms with Crippen LogP contribution in [0.1, 0.15) is 35.6 Å². The van der Waals surface area contributed by atoms with E-state index in [4.69, 9.17) is 0 Å². The van der Waals surface area contributed by atoms with Gasteiger partial charge in [0.1, 0.15) is 0 Å². The van der Waals surface area contributed by atoms with Crippen LogP contribution >= 0.6 is 11.3 Å². The number of hydrogen-bond acceptors (Lipinski definition) is 4. The molecule has 0 aliphatic carbocycles. The van der Waals surface area contributed by atoms with Crippen molar-refractivity contribution in [1.82, 2.24) is 9.88 Å². The van der Waals surface area contributed by atoms with Gasteiger partial charge in [-0.2, -0.15) is 0 Å². The summed E-state index contributed by atoms with van der Waals surface area (Å²) in [5, 5.41) is 12.6. The molecule has 2 heterocycles. The van der Waals surface area contributed by atoms with Gasteiger partial charge in [-0.05, 0) is 31.4 Å². The van der Waals surface area contributed by atoms with E-state index < -0.39 is 11.4 Å². The highest BCUT2D eigenvalue weighted by molar-refractivity contribution is 7.09. The molecule has 1 aliphatic rings. The van der Waals surface area contributed by atoms with Crippen molar-refractivity contribution in [1.29, 1.82) is 0 Å². The highest BCUT2D eigenvalue weighted by Gasteiger charge is 2.48. The number of carboxylic acid groups (broad SMARTS) is 1. The third-order valence-electron chi connectivity index (χ3n) is 5.14. The Bertz CT molecular complexity index is 815. The monoisotopic (exact) mass is 358 g/mol. The Morgan fingerprint density at radius 2 is 2.12 bits per heavy atom. The van der Waals surface area contributed by atoms with Crippen LogP contribution in [-0.2, 0) is 4.79 Å². The number of carbonyl (C=O) groups is 2. The van der Waals surface area contributed by atoms with Gasteiger partial charge < -0.3 is 10.0 Å². The standard InChI is InChI=1S/C19H22N2O3S/c1-12(2)19(18(23)24)7-8-21(11-19)17(22)15-6-4-5-14(9-15)16-10-25-13(3)20-16/h4-6,9-10,12H,7-8,11H2,1-3H3,(H,23,24). The van der Waals surface area contributed by atoms with Gasteiger partial charge in [-0.1, -0.05) is 26.0 Å². The maximum atomic E-state index is 12.9. The third-order valence-corrected chi connectivity index (χ3v) is 5.92. The average Bonchev–Trinajstić information content (AvgIpc) is 3.21. The van der Waals surface area contributed by atoms with Crippen LogP contribution in [0.4, 0.5) is 0 Å². The number of aromatic nitrogens is 1. The molecule has 1 saturated heterocycles. The van der Waals surface area contributed by atoms with Gasteiger partial charge in [-0.3, -0.25) is 9.59 Å². The highest BCUT2D eigenvalue weighted by Crippen LogP contribution is 2.38. The van der Waals surface area contributed by atoms with Crippen LogP contribution in [0.2, 0.25) is 0 Å². The normalized spacial score (nSPS) is 20.2. The number of aliphatic carboxylic acids is 1. The number of thiazole rings is 1. The molecule has 5 nitrogen and oxygen atoms in total. The van der Waals surface area contributed by atoms with E-state index in [1.807, 2.05) is 44.4 Å². The summed E-state index contributed by atoms with van der Waals surface area (Å²) < 4.78 is 0. The number of amides is 1. The molecule has 25 heavy (non-hydrogen) atoms. The van der Waals surface area contributed by atoms with E-state index in [2.05, 4.69) is 4.98 Å². The number of nitrogens with zero attached hydrogens (tertiary/aromatic N) is 2. The Labute approximate surface area is 151 Å². The van der Waals surface area contributed by atoms with Crippen molar-refractivity contribution >= 4 is 23.2 Å². The first-order chi connectivity index (χ1) is 11.8. The number of aryl methyl sites for hydroxylation is 1. The summed E-state index contributed by atoms with van der Waals surface area (Å²) in [7, 11) is 0. The molecule has 3 rings (SSSR count). The number of carboxylic acids is 1. The summed E-state index contributed by atoms with van der Waals surface area (Å²) in [6.45, 7) is 6.51. The Morgan fingerprint density at radius 1 is 1.36 bits per heavy atom. The molecule has 1 amide bonds.